The van der Waals surface area contributed by atoms with Crippen LogP contribution in [0.15, 0.2) is 12.7 Å². The molecule has 0 rings (SSSR count). The summed E-state index contributed by atoms with van der Waals surface area (Å²) in [6, 6.07) is 0. The second-order valence-corrected chi connectivity index (χ2v) is 14.6. The Bertz CT molecular complexity index is 360. The van der Waals surface area contributed by atoms with Gasteiger partial charge in [-0.1, -0.05) is 111 Å². The number of aliphatic hydroxyl groups is 1. The van der Waals surface area contributed by atoms with Crippen LogP contribution in [0, 0.1) is 0 Å². The molecule has 2 atom stereocenters. The van der Waals surface area contributed by atoms with Crippen LogP contribution in [0.25, 0.3) is 0 Å². The summed E-state index contributed by atoms with van der Waals surface area (Å²) < 4.78 is 6.47. The maximum absolute atomic E-state index is 10.3. The Morgan fingerprint density at radius 3 is 1.63 bits per heavy atom. The first kappa shape index (κ1) is 26.9. The van der Waals surface area contributed by atoms with Crippen molar-refractivity contribution in [3.05, 3.63) is 12.7 Å². The highest BCUT2D eigenvalue weighted by molar-refractivity contribution is 6.74. The van der Waals surface area contributed by atoms with Crippen LogP contribution in [0.1, 0.15) is 111 Å². The van der Waals surface area contributed by atoms with E-state index in [1.54, 1.807) is 6.08 Å². The lowest BCUT2D eigenvalue weighted by Crippen LogP contribution is -2.46. The van der Waals surface area contributed by atoms with E-state index in [9.17, 15) is 5.11 Å². The normalized spacial score (nSPS) is 14.9. The molecule has 0 spiro atoms. The van der Waals surface area contributed by atoms with Crippen molar-refractivity contribution < 1.29 is 9.53 Å². The van der Waals surface area contributed by atoms with E-state index < -0.39 is 14.4 Å². The van der Waals surface area contributed by atoms with E-state index >= 15 is 0 Å². The molecule has 0 saturated heterocycles. The van der Waals surface area contributed by atoms with E-state index in [1.807, 2.05) is 0 Å². The quantitative estimate of drug-likeness (QED) is 0.153. The Hall–Kier alpha value is -0.123. The van der Waals surface area contributed by atoms with Crippen molar-refractivity contribution >= 4 is 8.32 Å². The average Bonchev–Trinajstić information content (AvgIpc) is 2.59. The van der Waals surface area contributed by atoms with Gasteiger partial charge in [-0.05, 0) is 24.6 Å². The Morgan fingerprint density at radius 1 is 0.852 bits per heavy atom. The van der Waals surface area contributed by atoms with E-state index in [4.69, 9.17) is 4.43 Å². The summed E-state index contributed by atoms with van der Waals surface area (Å²) in [5.41, 5.74) is 0. The van der Waals surface area contributed by atoms with Crippen molar-refractivity contribution in [2.45, 2.75) is 142 Å². The summed E-state index contributed by atoms with van der Waals surface area (Å²) in [6.45, 7) is 17.3. The molecule has 0 heterocycles. The fourth-order valence-corrected chi connectivity index (χ4v) is 4.56. The molecule has 3 heteroatoms. The second kappa shape index (κ2) is 14.8. The van der Waals surface area contributed by atoms with Crippen LogP contribution in [-0.4, -0.2) is 25.6 Å². The van der Waals surface area contributed by atoms with Crippen molar-refractivity contribution in [1.82, 2.24) is 0 Å². The Labute approximate surface area is 172 Å². The highest BCUT2D eigenvalue weighted by atomic mass is 28.4. The first-order valence-corrected chi connectivity index (χ1v) is 14.5. The largest absolute Gasteiger partial charge is 0.411 e. The third kappa shape index (κ3) is 12.9. The summed E-state index contributed by atoms with van der Waals surface area (Å²) in [5.74, 6) is 0. The fraction of sp³-hybridized carbons (Fsp3) is 0.917. The standard InChI is InChI=1S/C24H50O2Si/c1-8-10-11-12-13-14-15-16-17-18-19-20-21-23(22(25)9-2)26-27(6,7)24(3,4)5/h9,22-23,25H,2,8,10-21H2,1,3-7H3/t22-,23-/m0/s1. The van der Waals surface area contributed by atoms with Crippen LogP contribution < -0.4 is 0 Å². The van der Waals surface area contributed by atoms with Gasteiger partial charge in [-0.25, -0.2) is 0 Å². The molecule has 0 unspecified atom stereocenters. The van der Waals surface area contributed by atoms with Gasteiger partial charge in [-0.15, -0.1) is 6.58 Å². The molecular weight excluding hydrogens is 348 g/mol. The zero-order valence-corrected chi connectivity index (χ0v) is 20.5. The van der Waals surface area contributed by atoms with Gasteiger partial charge in [0.15, 0.2) is 8.32 Å². The monoisotopic (exact) mass is 398 g/mol. The number of hydrogen-bond acceptors (Lipinski definition) is 2. The van der Waals surface area contributed by atoms with Gasteiger partial charge in [0.05, 0.1) is 12.2 Å². The van der Waals surface area contributed by atoms with E-state index in [0.717, 1.165) is 12.8 Å². The SMILES string of the molecule is C=C[C@H](O)[C@H](CCCCCCCCCCCCCC)O[Si](C)(C)C(C)(C)C. The van der Waals surface area contributed by atoms with Gasteiger partial charge >= 0.3 is 0 Å². The van der Waals surface area contributed by atoms with E-state index in [-0.39, 0.29) is 11.1 Å². The van der Waals surface area contributed by atoms with Gasteiger partial charge in [-0.2, -0.15) is 0 Å². The van der Waals surface area contributed by atoms with Gasteiger partial charge in [-0.3, -0.25) is 0 Å². The predicted octanol–water partition coefficient (Wildman–Crippen LogP) is 8.01. The first-order chi connectivity index (χ1) is 12.7. The molecule has 1 N–H and O–H groups in total. The summed E-state index contributed by atoms with van der Waals surface area (Å²) in [4.78, 5) is 0. The minimum Gasteiger partial charge on any atom is -0.411 e. The zero-order valence-electron chi connectivity index (χ0n) is 19.5. The average molecular weight is 399 g/mol. The topological polar surface area (TPSA) is 29.5 Å². The molecule has 0 aromatic rings. The molecule has 0 aromatic heterocycles. The minimum absolute atomic E-state index is 0.0912. The van der Waals surface area contributed by atoms with E-state index in [1.165, 1.54) is 70.6 Å². The number of hydrogen-bond donors (Lipinski definition) is 1. The molecule has 0 amide bonds. The Kier molecular flexibility index (Phi) is 14.7. The maximum atomic E-state index is 10.3. The highest BCUT2D eigenvalue weighted by Gasteiger charge is 2.40. The van der Waals surface area contributed by atoms with Crippen molar-refractivity contribution in [3.63, 3.8) is 0 Å². The highest BCUT2D eigenvalue weighted by Crippen LogP contribution is 2.38. The summed E-state index contributed by atoms with van der Waals surface area (Å²) in [7, 11) is -1.86. The molecule has 0 aliphatic rings. The van der Waals surface area contributed by atoms with Gasteiger partial charge < -0.3 is 9.53 Å². The molecular formula is C24H50O2Si. The van der Waals surface area contributed by atoms with Gasteiger partial charge in [0.25, 0.3) is 0 Å². The van der Waals surface area contributed by atoms with Crippen LogP contribution in [0.5, 0.6) is 0 Å². The maximum Gasteiger partial charge on any atom is 0.192 e. The molecule has 0 aromatic carbocycles. The molecule has 2 nitrogen and oxygen atoms in total. The molecule has 0 aliphatic carbocycles. The Balaban J connectivity index is 3.91. The van der Waals surface area contributed by atoms with Crippen LogP contribution in [0.3, 0.4) is 0 Å². The lowest BCUT2D eigenvalue weighted by atomic mass is 10.0. The summed E-state index contributed by atoms with van der Waals surface area (Å²) >= 11 is 0. The zero-order chi connectivity index (χ0) is 20.8. The van der Waals surface area contributed by atoms with Crippen LogP contribution in [-0.2, 0) is 4.43 Å². The number of unbranched alkanes of at least 4 members (excludes halogenated alkanes) is 11. The molecule has 0 radical (unpaired) electrons. The molecule has 0 bridgehead atoms. The summed E-state index contributed by atoms with van der Waals surface area (Å²) in [6.07, 6.45) is 18.2. The van der Waals surface area contributed by atoms with E-state index in [2.05, 4.69) is 47.4 Å². The molecule has 162 valence electrons. The van der Waals surface area contributed by atoms with Crippen LogP contribution in [0.4, 0.5) is 0 Å². The molecule has 0 fully saturated rings. The van der Waals surface area contributed by atoms with Crippen LogP contribution in [0.2, 0.25) is 18.1 Å². The minimum atomic E-state index is -1.86. The van der Waals surface area contributed by atoms with E-state index in [0.29, 0.717) is 0 Å². The smallest absolute Gasteiger partial charge is 0.192 e. The van der Waals surface area contributed by atoms with Gasteiger partial charge in [0.2, 0.25) is 0 Å². The molecule has 0 saturated carbocycles. The second-order valence-electron chi connectivity index (χ2n) is 9.82. The molecule has 27 heavy (non-hydrogen) atoms. The van der Waals surface area contributed by atoms with Crippen molar-refractivity contribution in [3.8, 4) is 0 Å². The molecule has 0 aliphatic heterocycles. The van der Waals surface area contributed by atoms with Crippen molar-refractivity contribution in [2.24, 2.45) is 0 Å². The lowest BCUT2D eigenvalue weighted by molar-refractivity contribution is 0.0496. The number of rotatable bonds is 17. The predicted molar refractivity (Wildman–Crippen MR) is 124 cm³/mol. The third-order valence-electron chi connectivity index (χ3n) is 6.22. The summed E-state index contributed by atoms with van der Waals surface area (Å²) in [5, 5.41) is 10.5. The van der Waals surface area contributed by atoms with Crippen molar-refractivity contribution in [2.75, 3.05) is 0 Å². The lowest BCUT2D eigenvalue weighted by Gasteiger charge is -2.40. The van der Waals surface area contributed by atoms with Gasteiger partial charge in [0.1, 0.15) is 0 Å². The number of aliphatic hydroxyl groups excluding tert-OH is 1. The first-order valence-electron chi connectivity index (χ1n) is 11.6. The van der Waals surface area contributed by atoms with Crippen LogP contribution >= 0.6 is 0 Å². The van der Waals surface area contributed by atoms with Gasteiger partial charge in [0, 0.05) is 0 Å². The Morgan fingerprint density at radius 2 is 1.26 bits per heavy atom. The third-order valence-corrected chi connectivity index (χ3v) is 10.7. The fourth-order valence-electron chi connectivity index (χ4n) is 3.19. The van der Waals surface area contributed by atoms with Crippen molar-refractivity contribution in [1.29, 1.82) is 0 Å².